The molecule has 6 aromatic heterocycles. The van der Waals surface area contributed by atoms with Gasteiger partial charge < -0.3 is 37.9 Å². The largest absolute Gasteiger partial charge is 0.502 e. The molecule has 8 heterocycles. The SMILES string of the molecule is CC(C)c1cc(C(C)C)c(-n2ccnc2-c2[c-]cccc2)c(C(C)C)c1.CC(C)c1cccc(C(C)C)c1-n1ccnc1-c1[c-]cccc1.CN1[CH-]N(c2[c-]cc(C#N)cc2)c2ncccc21.Cc1cc(C)c(-n2ccnc2-c2[c-]cccc2)c(C)c1.Cc1cccc(C)c1-n1ccnc1-c1[c-]cccc1.[Ir].[Ir].[Ir].[Ir].[Ir].[c-]1ccccc1N1[CH-]N(c2ccccc2)c2nccnc21. The number of hydrogen-bond acceptors (Lipinski definition) is 12. The van der Waals surface area contributed by atoms with E-state index in [1.165, 1.54) is 78.4 Å². The Kier molecular flexibility index (Phi) is 38.9. The van der Waals surface area contributed by atoms with Gasteiger partial charge in [0.05, 0.1) is 23.3 Å². The Morgan fingerprint density at radius 3 is 1.11 bits per heavy atom. The van der Waals surface area contributed by atoms with Crippen LogP contribution in [0.4, 0.5) is 40.2 Å². The van der Waals surface area contributed by atoms with Gasteiger partial charge in [-0.1, -0.05) is 159 Å². The molecule has 0 fully saturated rings. The predicted molar refractivity (Wildman–Crippen MR) is 517 cm³/mol. The van der Waals surface area contributed by atoms with Crippen molar-refractivity contribution in [1.82, 2.24) is 53.2 Å². The van der Waals surface area contributed by atoms with E-state index in [1.54, 1.807) is 30.7 Å². The van der Waals surface area contributed by atoms with Crippen molar-refractivity contribution in [2.45, 2.75) is 133 Å². The molecule has 2 aliphatic rings. The van der Waals surface area contributed by atoms with E-state index < -0.39 is 0 Å². The first-order valence-electron chi connectivity index (χ1n) is 43.1. The Balaban J connectivity index is 0.000000177. The van der Waals surface area contributed by atoms with Gasteiger partial charge in [-0.05, 0) is 146 Å². The van der Waals surface area contributed by atoms with Gasteiger partial charge in [-0.25, -0.2) is 20.2 Å². The number of fused-ring (bicyclic) bond motifs is 2. The van der Waals surface area contributed by atoms with E-state index in [-0.39, 0.29) is 101 Å². The van der Waals surface area contributed by atoms with Crippen molar-refractivity contribution in [3.8, 4) is 74.4 Å². The first-order chi connectivity index (χ1) is 61.6. The van der Waals surface area contributed by atoms with E-state index in [9.17, 15) is 0 Å². The fourth-order valence-electron chi connectivity index (χ4n) is 15.9. The first kappa shape index (κ1) is 104. The molecule has 0 N–H and O–H groups in total. The van der Waals surface area contributed by atoms with E-state index in [0.717, 1.165) is 85.8 Å². The van der Waals surface area contributed by atoms with Gasteiger partial charge >= 0.3 is 0 Å². The molecule has 0 aliphatic carbocycles. The topological polar surface area (TPSA) is 147 Å². The molecule has 132 heavy (non-hydrogen) atoms. The number of anilines is 7. The minimum absolute atomic E-state index is 0. The van der Waals surface area contributed by atoms with E-state index >= 15 is 0 Å². The normalized spacial score (nSPS) is 11.4. The number of nitriles is 1. The van der Waals surface area contributed by atoms with Crippen LogP contribution in [0.3, 0.4) is 0 Å². The molecule has 0 saturated heterocycles. The second-order valence-electron chi connectivity index (χ2n) is 32.8. The molecule has 17 aromatic rings. The number of pyridine rings is 1. The number of benzene rings is 11. The summed E-state index contributed by atoms with van der Waals surface area (Å²) in [4.78, 5) is 39.5. The molecule has 5 radical (unpaired) electrons. The fourth-order valence-corrected chi connectivity index (χ4v) is 15.9. The van der Waals surface area contributed by atoms with E-state index in [1.807, 2.05) is 235 Å². The number of nitrogens with zero attached hydrogens (tertiary/aromatic N) is 16. The van der Waals surface area contributed by atoms with Crippen LogP contribution in [0.1, 0.15) is 160 Å². The van der Waals surface area contributed by atoms with Crippen LogP contribution in [0.2, 0.25) is 0 Å². The third kappa shape index (κ3) is 24.5. The minimum Gasteiger partial charge on any atom is -0.502 e. The Morgan fingerprint density at radius 2 is 0.705 bits per heavy atom. The van der Waals surface area contributed by atoms with Gasteiger partial charge in [-0.15, -0.1) is 168 Å². The van der Waals surface area contributed by atoms with Crippen molar-refractivity contribution in [3.05, 3.63) is 422 Å². The van der Waals surface area contributed by atoms with Crippen LogP contribution in [-0.4, -0.2) is 60.2 Å². The summed E-state index contributed by atoms with van der Waals surface area (Å²) >= 11 is 0. The Hall–Kier alpha value is -11.6. The number of rotatable bonds is 16. The van der Waals surface area contributed by atoms with Gasteiger partial charge in [-0.3, -0.25) is 19.9 Å². The molecule has 683 valence electrons. The summed E-state index contributed by atoms with van der Waals surface area (Å²) in [6, 6.07) is 103. The summed E-state index contributed by atoms with van der Waals surface area (Å²) in [7, 11) is 1.98. The summed E-state index contributed by atoms with van der Waals surface area (Å²) in [5, 5.41) is 8.78. The number of para-hydroxylation sites is 4. The van der Waals surface area contributed by atoms with Gasteiger partial charge in [0.2, 0.25) is 0 Å². The summed E-state index contributed by atoms with van der Waals surface area (Å²) in [6.45, 7) is 37.2. The average Bonchev–Trinajstić information content (AvgIpc) is 1.68. The number of aryl methyl sites for hydroxylation is 5. The van der Waals surface area contributed by atoms with Crippen molar-refractivity contribution in [3.63, 3.8) is 0 Å². The molecule has 0 spiro atoms. The van der Waals surface area contributed by atoms with Crippen LogP contribution in [-0.2, 0) is 101 Å². The third-order valence-electron chi connectivity index (χ3n) is 22.0. The van der Waals surface area contributed by atoms with E-state index in [2.05, 4.69) is 285 Å². The zero-order valence-corrected chi connectivity index (χ0v) is 88.8. The minimum atomic E-state index is 0. The van der Waals surface area contributed by atoms with Crippen molar-refractivity contribution < 1.29 is 101 Å². The third-order valence-corrected chi connectivity index (χ3v) is 22.0. The summed E-state index contributed by atoms with van der Waals surface area (Å²) in [6.07, 6.45) is 20.8. The molecule has 21 heteroatoms. The quantitative estimate of drug-likeness (QED) is 0.0848. The zero-order valence-electron chi connectivity index (χ0n) is 76.8. The van der Waals surface area contributed by atoms with Crippen molar-refractivity contribution in [1.29, 1.82) is 5.26 Å². The molecule has 0 unspecified atom stereocenters. The number of imidazole rings is 4. The van der Waals surface area contributed by atoms with E-state index in [4.69, 9.17) is 5.26 Å². The van der Waals surface area contributed by atoms with Crippen LogP contribution in [0.15, 0.2) is 311 Å². The molecular formula is C111H106Ir5N16-8. The summed E-state index contributed by atoms with van der Waals surface area (Å²) < 4.78 is 8.75. The second kappa shape index (κ2) is 49.2. The number of aromatic nitrogens is 11. The molecule has 0 amide bonds. The van der Waals surface area contributed by atoms with Crippen LogP contribution in [0, 0.1) is 95.7 Å². The van der Waals surface area contributed by atoms with Crippen molar-refractivity contribution >= 4 is 40.2 Å². The van der Waals surface area contributed by atoms with Crippen molar-refractivity contribution in [2.24, 2.45) is 0 Å². The molecule has 16 nitrogen and oxygen atoms in total. The molecule has 11 aromatic carbocycles. The zero-order chi connectivity index (χ0) is 89.2. The van der Waals surface area contributed by atoms with Gasteiger partial charge in [-0.2, -0.15) is 55.2 Å². The van der Waals surface area contributed by atoms with Crippen LogP contribution < -0.4 is 19.6 Å². The van der Waals surface area contributed by atoms with Crippen LogP contribution in [0.25, 0.3) is 68.3 Å². The molecule has 2 aliphatic heterocycles. The maximum Gasteiger partial charge on any atom is 0.145 e. The standard InChI is InChI=1S/C24H29N2.C21H23N2.C18H17N2.C17H12N4.C17H15N2.C14H10N4.5Ir/c1-16(2)20-14-21(17(3)4)23(22(15-20)18(5)6)26-13-12-25-24(26)19-10-8-7-9-11-19;1-15(2)18-11-8-12-19(16(3)4)20(18)23-14-13-22-21(23)17-9-6-5-7-10-17;1-13-11-14(2)17(15(3)12-13)20-10-9-19-18(20)16-7-5-4-6-8-16;1-3-7-14(8-4-1)20-13-21(15-9-5-2-6-10-15)17-16(20)18-11-12-19-17;1-13-7-6-8-14(2)16(13)19-12-11-18-17(19)15-9-4-3-5-10-15;1-17-10-18(14-13(17)3-2-8-16-14)12-6-4-11(9-15)5-7-12;;;;;/h7-10,12-18H,1-6H3;5-9,11-16H,1-4H3;4-7,9-12H,1-3H3;1-9,11-13H;3-9,11-12H,1-2H3;2-6,8,10H,1H3;;;;;/q3*-1;-2;-1;-2;;;;;. The first-order valence-corrected chi connectivity index (χ1v) is 43.1. The summed E-state index contributed by atoms with van der Waals surface area (Å²) in [5.74, 6) is 8.57. The molecule has 0 atom stereocenters. The van der Waals surface area contributed by atoms with Crippen LogP contribution in [0.5, 0.6) is 0 Å². The Labute approximate surface area is 847 Å². The predicted octanol–water partition coefficient (Wildman–Crippen LogP) is 26.7. The maximum absolute atomic E-state index is 8.78. The van der Waals surface area contributed by atoms with Gasteiger partial charge in [0.15, 0.2) is 0 Å². The maximum atomic E-state index is 8.78. The van der Waals surface area contributed by atoms with Gasteiger partial charge in [0.25, 0.3) is 0 Å². The summed E-state index contributed by atoms with van der Waals surface area (Å²) in [5.41, 5.74) is 26.7. The molecule has 0 saturated carbocycles. The van der Waals surface area contributed by atoms with Gasteiger partial charge in [0.1, 0.15) is 17.5 Å². The average molecular weight is 2630 g/mol. The van der Waals surface area contributed by atoms with Gasteiger partial charge in [0, 0.05) is 209 Å². The molecular weight excluding hydrogens is 2520 g/mol. The molecule has 0 bridgehead atoms. The Bertz CT molecular complexity index is 6350. The number of hydrogen-bond donors (Lipinski definition) is 0. The monoisotopic (exact) mass is 2630 g/mol. The van der Waals surface area contributed by atoms with Crippen molar-refractivity contribution in [2.75, 3.05) is 26.6 Å². The van der Waals surface area contributed by atoms with Crippen LogP contribution >= 0.6 is 0 Å². The smallest absolute Gasteiger partial charge is 0.145 e. The fraction of sp³-hybridized carbons (Fsp3) is 0.189. The van der Waals surface area contributed by atoms with E-state index in [0.29, 0.717) is 35.2 Å². The second-order valence-corrected chi connectivity index (χ2v) is 32.8. The Morgan fingerprint density at radius 1 is 0.318 bits per heavy atom. The molecule has 19 rings (SSSR count).